The number of benzene rings is 1. The van der Waals surface area contributed by atoms with Gasteiger partial charge in [-0.3, -0.25) is 4.55 Å². The zero-order valence-electron chi connectivity index (χ0n) is 13.8. The fourth-order valence-electron chi connectivity index (χ4n) is 5.83. The average molecular weight is 352 g/mol. The number of rotatable bonds is 2. The normalized spacial score (nSPS) is 38.2. The second-order valence-corrected chi connectivity index (χ2v) is 8.98. The lowest BCUT2D eigenvalue weighted by atomic mass is 9.55. The Bertz CT molecular complexity index is 759. The molecule has 5 atom stereocenters. The van der Waals surface area contributed by atoms with E-state index in [-0.39, 0.29) is 5.41 Å². The summed E-state index contributed by atoms with van der Waals surface area (Å²) in [6.07, 6.45) is 5.15. The van der Waals surface area contributed by atoms with Gasteiger partial charge in [0, 0.05) is 0 Å². The molecule has 2 N–H and O–H groups in total. The van der Waals surface area contributed by atoms with Gasteiger partial charge in [0.2, 0.25) is 0 Å². The minimum absolute atomic E-state index is 0.189. The highest BCUT2D eigenvalue weighted by Crippen LogP contribution is 2.61. The summed E-state index contributed by atoms with van der Waals surface area (Å²) in [5, 5.41) is 9.72. The molecule has 0 amide bonds. The maximum atomic E-state index is 11.2. The van der Waals surface area contributed by atoms with E-state index in [0.717, 1.165) is 32.1 Å². The van der Waals surface area contributed by atoms with E-state index in [0.29, 0.717) is 29.9 Å². The van der Waals surface area contributed by atoms with Crippen molar-refractivity contribution in [2.24, 2.45) is 17.3 Å². The third-order valence-corrected chi connectivity index (χ3v) is 7.34. The lowest BCUT2D eigenvalue weighted by Gasteiger charge is -2.50. The Kier molecular flexibility index (Phi) is 3.71. The summed E-state index contributed by atoms with van der Waals surface area (Å²) < 4.78 is 36.5. The highest BCUT2D eigenvalue weighted by atomic mass is 32.3. The lowest BCUT2D eigenvalue weighted by Crippen LogP contribution is -2.45. The maximum Gasteiger partial charge on any atom is 0.397 e. The van der Waals surface area contributed by atoms with Crippen LogP contribution < -0.4 is 0 Å². The van der Waals surface area contributed by atoms with E-state index in [2.05, 4.69) is 13.0 Å². The van der Waals surface area contributed by atoms with Gasteiger partial charge in [-0.15, -0.1) is 0 Å². The number of hydrogen-bond acceptors (Lipinski definition) is 4. The molecule has 4 rings (SSSR count). The van der Waals surface area contributed by atoms with E-state index in [4.69, 9.17) is 8.74 Å². The first-order valence-electron chi connectivity index (χ1n) is 8.75. The van der Waals surface area contributed by atoms with Crippen LogP contribution in [0.25, 0.3) is 0 Å². The van der Waals surface area contributed by atoms with Crippen molar-refractivity contribution in [2.45, 2.75) is 57.5 Å². The van der Waals surface area contributed by atoms with Gasteiger partial charge in [0.15, 0.2) is 0 Å². The van der Waals surface area contributed by atoms with E-state index in [1.807, 2.05) is 6.07 Å². The zero-order valence-corrected chi connectivity index (χ0v) is 14.6. The van der Waals surface area contributed by atoms with Gasteiger partial charge in [0.25, 0.3) is 0 Å². The van der Waals surface area contributed by atoms with Crippen molar-refractivity contribution in [2.75, 3.05) is 0 Å². The van der Waals surface area contributed by atoms with Crippen LogP contribution in [0.1, 0.15) is 56.1 Å². The van der Waals surface area contributed by atoms with Crippen molar-refractivity contribution in [1.82, 2.24) is 0 Å². The number of aromatic hydroxyl groups is 1. The summed E-state index contributed by atoms with van der Waals surface area (Å²) in [5.41, 5.74) is 2.42. The quantitative estimate of drug-likeness (QED) is 0.797. The molecular weight excluding hydrogens is 328 g/mol. The molecule has 5 nitrogen and oxygen atoms in total. The van der Waals surface area contributed by atoms with E-state index < -0.39 is 16.5 Å². The second kappa shape index (κ2) is 5.44. The first-order chi connectivity index (χ1) is 11.3. The highest BCUT2D eigenvalue weighted by Gasteiger charge is 2.56. The standard InChI is InChI=1S/C18H24O5S/c1-18-9-8-14-13-5-3-12(19)10-11(13)2-4-15(14)16(18)6-7-17(18)23-24(20,21)22/h3,5,10,14-17,19H,2,4,6-9H2,1H3,(H,20,21,22)/t14-,15-,16+,17?,18+/m1/s1. The van der Waals surface area contributed by atoms with Crippen LogP contribution in [0.15, 0.2) is 18.2 Å². The first kappa shape index (κ1) is 16.4. The third-order valence-electron chi connectivity index (χ3n) is 6.86. The van der Waals surface area contributed by atoms with Crippen LogP contribution in [0, 0.1) is 17.3 Å². The van der Waals surface area contributed by atoms with Crippen molar-refractivity contribution in [3.8, 4) is 5.75 Å². The second-order valence-electron chi connectivity index (χ2n) is 7.93. The average Bonchev–Trinajstić information content (AvgIpc) is 2.82. The van der Waals surface area contributed by atoms with Crippen LogP contribution in [-0.2, 0) is 21.0 Å². The predicted molar refractivity (Wildman–Crippen MR) is 89.1 cm³/mol. The van der Waals surface area contributed by atoms with Crippen LogP contribution in [0.4, 0.5) is 0 Å². The number of phenols is 1. The Morgan fingerprint density at radius 1 is 1.21 bits per heavy atom. The molecule has 1 aromatic rings. The molecule has 0 aliphatic heterocycles. The van der Waals surface area contributed by atoms with Gasteiger partial charge in [0.1, 0.15) is 5.75 Å². The summed E-state index contributed by atoms with van der Waals surface area (Å²) in [4.78, 5) is 0. The number of hydrogen-bond donors (Lipinski definition) is 2. The van der Waals surface area contributed by atoms with Crippen molar-refractivity contribution >= 4 is 10.4 Å². The lowest BCUT2D eigenvalue weighted by molar-refractivity contribution is -0.0121. The minimum atomic E-state index is -4.41. The molecule has 3 aliphatic carbocycles. The highest BCUT2D eigenvalue weighted by molar-refractivity contribution is 7.80. The molecule has 6 heteroatoms. The van der Waals surface area contributed by atoms with E-state index in [1.165, 1.54) is 11.1 Å². The molecular formula is C18H24O5S. The Balaban J connectivity index is 1.63. The molecule has 2 fully saturated rings. The van der Waals surface area contributed by atoms with Gasteiger partial charge in [-0.1, -0.05) is 13.0 Å². The van der Waals surface area contributed by atoms with Crippen molar-refractivity contribution in [3.05, 3.63) is 29.3 Å². The Hall–Kier alpha value is -1.11. The summed E-state index contributed by atoms with van der Waals surface area (Å²) in [7, 11) is -4.41. The molecule has 0 saturated heterocycles. The topological polar surface area (TPSA) is 83.8 Å². The summed E-state index contributed by atoms with van der Waals surface area (Å²) >= 11 is 0. The Morgan fingerprint density at radius 2 is 2.00 bits per heavy atom. The van der Waals surface area contributed by atoms with Crippen LogP contribution in [-0.4, -0.2) is 24.2 Å². The molecule has 0 spiro atoms. The third kappa shape index (κ3) is 2.55. The van der Waals surface area contributed by atoms with Crippen LogP contribution >= 0.6 is 0 Å². The van der Waals surface area contributed by atoms with Gasteiger partial charge in [-0.2, -0.15) is 8.42 Å². The van der Waals surface area contributed by atoms with Crippen LogP contribution in [0.3, 0.4) is 0 Å². The molecule has 132 valence electrons. The van der Waals surface area contributed by atoms with Crippen LogP contribution in [0.2, 0.25) is 0 Å². The number of phenolic OH excluding ortho intramolecular Hbond substituents is 1. The molecule has 24 heavy (non-hydrogen) atoms. The van der Waals surface area contributed by atoms with E-state index in [1.54, 1.807) is 6.07 Å². The smallest absolute Gasteiger partial charge is 0.397 e. The van der Waals surface area contributed by atoms with Gasteiger partial charge in [-0.05, 0) is 85.0 Å². The summed E-state index contributed by atoms with van der Waals surface area (Å²) in [5.74, 6) is 1.76. The number of aryl methyl sites for hydroxylation is 1. The molecule has 0 aromatic heterocycles. The summed E-state index contributed by atoms with van der Waals surface area (Å²) in [6.45, 7) is 2.13. The van der Waals surface area contributed by atoms with Gasteiger partial charge in [0.05, 0.1) is 6.10 Å². The fourth-order valence-corrected chi connectivity index (χ4v) is 6.44. The summed E-state index contributed by atoms with van der Waals surface area (Å²) in [6, 6.07) is 5.72. The fraction of sp³-hybridized carbons (Fsp3) is 0.667. The predicted octanol–water partition coefficient (Wildman–Crippen LogP) is 3.44. The minimum Gasteiger partial charge on any atom is -0.508 e. The van der Waals surface area contributed by atoms with Crippen molar-refractivity contribution < 1.29 is 22.3 Å². The molecule has 0 heterocycles. The SMILES string of the molecule is C[C@]12CC[C@@H]3c4ccc(O)cc4CC[C@H]3[C@@H]1CCC2OS(=O)(=O)O. The molecule has 3 aliphatic rings. The first-order valence-corrected chi connectivity index (χ1v) is 10.1. The van der Waals surface area contributed by atoms with E-state index in [9.17, 15) is 13.5 Å². The van der Waals surface area contributed by atoms with Crippen molar-refractivity contribution in [1.29, 1.82) is 0 Å². The molecule has 2 saturated carbocycles. The molecule has 0 bridgehead atoms. The van der Waals surface area contributed by atoms with Gasteiger partial charge < -0.3 is 5.11 Å². The molecule has 0 radical (unpaired) electrons. The Labute approximate surface area is 143 Å². The van der Waals surface area contributed by atoms with Crippen molar-refractivity contribution in [3.63, 3.8) is 0 Å². The zero-order chi connectivity index (χ0) is 17.1. The van der Waals surface area contributed by atoms with Crippen LogP contribution in [0.5, 0.6) is 5.75 Å². The largest absolute Gasteiger partial charge is 0.508 e. The van der Waals surface area contributed by atoms with Gasteiger partial charge >= 0.3 is 10.4 Å². The molecule has 1 aromatic carbocycles. The van der Waals surface area contributed by atoms with E-state index >= 15 is 0 Å². The monoisotopic (exact) mass is 352 g/mol. The van der Waals surface area contributed by atoms with Gasteiger partial charge in [-0.25, -0.2) is 4.18 Å². The Morgan fingerprint density at radius 3 is 2.75 bits per heavy atom. The number of fused-ring (bicyclic) bond motifs is 5. The maximum absolute atomic E-state index is 11.2. The molecule has 1 unspecified atom stereocenters.